The van der Waals surface area contributed by atoms with Crippen LogP contribution in [0.4, 0.5) is 4.39 Å². The third-order valence-electron chi connectivity index (χ3n) is 5.36. The summed E-state index contributed by atoms with van der Waals surface area (Å²) in [6.45, 7) is 4.96. The molecule has 0 radical (unpaired) electrons. The first kappa shape index (κ1) is 18.8. The van der Waals surface area contributed by atoms with Crippen molar-refractivity contribution < 1.29 is 14.0 Å². The zero-order valence-electron chi connectivity index (χ0n) is 15.3. The van der Waals surface area contributed by atoms with Crippen molar-refractivity contribution in [2.45, 2.75) is 32.1 Å². The Morgan fingerprint density at radius 2 is 1.50 bits per heavy atom. The zero-order valence-corrected chi connectivity index (χ0v) is 15.3. The Bertz CT molecular complexity index is 623. The highest BCUT2D eigenvalue weighted by Crippen LogP contribution is 2.12. The highest BCUT2D eigenvalue weighted by molar-refractivity contribution is 5.78. The molecule has 2 heterocycles. The number of rotatable bonds is 5. The molecule has 6 heteroatoms. The molecule has 0 atom stereocenters. The Morgan fingerprint density at radius 1 is 0.846 bits per heavy atom. The lowest BCUT2D eigenvalue weighted by molar-refractivity contribution is -0.135. The smallest absolute Gasteiger partial charge is 0.236 e. The van der Waals surface area contributed by atoms with E-state index in [0.717, 1.165) is 39.0 Å². The number of piperazine rings is 1. The molecule has 1 aromatic rings. The number of piperidine rings is 1. The lowest BCUT2D eigenvalue weighted by Gasteiger charge is -2.36. The van der Waals surface area contributed by atoms with E-state index in [2.05, 4.69) is 4.90 Å². The van der Waals surface area contributed by atoms with Crippen LogP contribution in [-0.4, -0.2) is 72.3 Å². The number of benzene rings is 1. The number of aryl methyl sites for hydroxylation is 1. The molecule has 0 unspecified atom stereocenters. The number of hydrogen-bond donors (Lipinski definition) is 0. The van der Waals surface area contributed by atoms with Gasteiger partial charge in [0.2, 0.25) is 11.8 Å². The number of halogens is 1. The van der Waals surface area contributed by atoms with Gasteiger partial charge in [-0.05, 0) is 37.3 Å². The number of carbonyl (C=O) groups excluding carboxylic acids is 2. The minimum atomic E-state index is -0.249. The van der Waals surface area contributed by atoms with E-state index in [1.807, 2.05) is 9.80 Å². The summed E-state index contributed by atoms with van der Waals surface area (Å²) in [6, 6.07) is 6.61. The standard InChI is InChI=1S/C20H28FN3O2/c21-18-7-3-2-6-17(18)8-9-19(25)24-14-12-22(13-15-24)16-20(26)23-10-4-1-5-11-23/h2-3,6-7H,1,4-5,8-16H2. The van der Waals surface area contributed by atoms with Crippen LogP contribution in [0.3, 0.4) is 0 Å². The summed E-state index contributed by atoms with van der Waals surface area (Å²) in [4.78, 5) is 30.7. The van der Waals surface area contributed by atoms with Crippen molar-refractivity contribution in [1.82, 2.24) is 14.7 Å². The number of hydrogen-bond acceptors (Lipinski definition) is 3. The first-order valence-electron chi connectivity index (χ1n) is 9.65. The van der Waals surface area contributed by atoms with E-state index in [0.29, 0.717) is 38.0 Å². The molecule has 2 fully saturated rings. The van der Waals surface area contributed by atoms with Crippen molar-refractivity contribution in [3.63, 3.8) is 0 Å². The first-order chi connectivity index (χ1) is 12.6. The third-order valence-corrected chi connectivity index (χ3v) is 5.36. The van der Waals surface area contributed by atoms with Crippen molar-refractivity contribution in [3.8, 4) is 0 Å². The maximum atomic E-state index is 13.6. The summed E-state index contributed by atoms with van der Waals surface area (Å²) in [6.07, 6.45) is 4.19. The van der Waals surface area contributed by atoms with E-state index in [1.165, 1.54) is 12.5 Å². The van der Waals surface area contributed by atoms with Crippen LogP contribution >= 0.6 is 0 Å². The molecule has 0 saturated carbocycles. The molecule has 0 aliphatic carbocycles. The Morgan fingerprint density at radius 3 is 2.19 bits per heavy atom. The Hall–Kier alpha value is -1.95. The van der Waals surface area contributed by atoms with E-state index in [9.17, 15) is 14.0 Å². The van der Waals surface area contributed by atoms with Crippen molar-refractivity contribution in [1.29, 1.82) is 0 Å². The van der Waals surface area contributed by atoms with Crippen LogP contribution in [0.2, 0.25) is 0 Å². The van der Waals surface area contributed by atoms with E-state index in [4.69, 9.17) is 0 Å². The predicted molar refractivity (Wildman–Crippen MR) is 98.2 cm³/mol. The normalized spacial score (nSPS) is 18.8. The Kier molecular flexibility index (Phi) is 6.61. The fourth-order valence-corrected chi connectivity index (χ4v) is 3.69. The van der Waals surface area contributed by atoms with E-state index >= 15 is 0 Å². The van der Waals surface area contributed by atoms with Crippen LogP contribution < -0.4 is 0 Å². The molecule has 26 heavy (non-hydrogen) atoms. The molecule has 0 aromatic heterocycles. The summed E-state index contributed by atoms with van der Waals surface area (Å²) >= 11 is 0. The molecule has 0 bridgehead atoms. The highest BCUT2D eigenvalue weighted by atomic mass is 19.1. The summed E-state index contributed by atoms with van der Waals surface area (Å²) in [7, 11) is 0. The lowest BCUT2D eigenvalue weighted by Crippen LogP contribution is -2.52. The largest absolute Gasteiger partial charge is 0.342 e. The van der Waals surface area contributed by atoms with Gasteiger partial charge in [-0.2, -0.15) is 0 Å². The van der Waals surface area contributed by atoms with E-state index in [-0.39, 0.29) is 17.6 Å². The second kappa shape index (κ2) is 9.12. The molecule has 2 aliphatic heterocycles. The van der Waals surface area contributed by atoms with Crippen molar-refractivity contribution in [2.24, 2.45) is 0 Å². The molecule has 3 rings (SSSR count). The Balaban J connectivity index is 1.39. The first-order valence-corrected chi connectivity index (χ1v) is 9.65. The molecule has 2 aliphatic rings. The maximum absolute atomic E-state index is 13.6. The fourth-order valence-electron chi connectivity index (χ4n) is 3.69. The summed E-state index contributed by atoms with van der Waals surface area (Å²) in [5.74, 6) is 0.0284. The van der Waals surface area contributed by atoms with Crippen molar-refractivity contribution >= 4 is 11.8 Å². The van der Waals surface area contributed by atoms with Gasteiger partial charge in [0.05, 0.1) is 6.54 Å². The molecular weight excluding hydrogens is 333 g/mol. The van der Waals surface area contributed by atoms with Crippen LogP contribution in [-0.2, 0) is 16.0 Å². The molecule has 0 N–H and O–H groups in total. The molecule has 2 saturated heterocycles. The fraction of sp³-hybridized carbons (Fsp3) is 0.600. The number of carbonyl (C=O) groups is 2. The second-order valence-electron chi connectivity index (χ2n) is 7.19. The number of nitrogens with zero attached hydrogens (tertiary/aromatic N) is 3. The average Bonchev–Trinajstić information content (AvgIpc) is 2.68. The lowest BCUT2D eigenvalue weighted by atomic mass is 10.1. The van der Waals surface area contributed by atoms with Crippen molar-refractivity contribution in [3.05, 3.63) is 35.6 Å². The van der Waals surface area contributed by atoms with Crippen LogP contribution in [0.5, 0.6) is 0 Å². The van der Waals surface area contributed by atoms with Gasteiger partial charge in [0.15, 0.2) is 0 Å². The monoisotopic (exact) mass is 361 g/mol. The number of likely N-dealkylation sites (tertiary alicyclic amines) is 1. The minimum Gasteiger partial charge on any atom is -0.342 e. The van der Waals surface area contributed by atoms with Gasteiger partial charge in [0.1, 0.15) is 5.82 Å². The van der Waals surface area contributed by atoms with Gasteiger partial charge in [-0.25, -0.2) is 4.39 Å². The van der Waals surface area contributed by atoms with Gasteiger partial charge >= 0.3 is 0 Å². The van der Waals surface area contributed by atoms with E-state index in [1.54, 1.807) is 18.2 Å². The average molecular weight is 361 g/mol. The van der Waals surface area contributed by atoms with Crippen LogP contribution in [0.25, 0.3) is 0 Å². The zero-order chi connectivity index (χ0) is 18.4. The van der Waals surface area contributed by atoms with Gasteiger partial charge in [0, 0.05) is 45.7 Å². The topological polar surface area (TPSA) is 43.9 Å². The van der Waals surface area contributed by atoms with Crippen molar-refractivity contribution in [2.75, 3.05) is 45.8 Å². The van der Waals surface area contributed by atoms with Gasteiger partial charge in [-0.1, -0.05) is 18.2 Å². The van der Waals surface area contributed by atoms with Crippen LogP contribution in [0, 0.1) is 5.82 Å². The van der Waals surface area contributed by atoms with Gasteiger partial charge in [-0.3, -0.25) is 14.5 Å². The van der Waals surface area contributed by atoms with Gasteiger partial charge in [0.25, 0.3) is 0 Å². The van der Waals surface area contributed by atoms with E-state index < -0.39 is 0 Å². The molecule has 2 amide bonds. The Labute approximate surface area is 154 Å². The second-order valence-corrected chi connectivity index (χ2v) is 7.19. The van der Waals surface area contributed by atoms with Crippen LogP contribution in [0.15, 0.2) is 24.3 Å². The molecular formula is C20H28FN3O2. The summed E-state index contributed by atoms with van der Waals surface area (Å²) < 4.78 is 13.6. The summed E-state index contributed by atoms with van der Waals surface area (Å²) in [5, 5.41) is 0. The SMILES string of the molecule is O=C(CCc1ccccc1F)N1CCN(CC(=O)N2CCCCC2)CC1. The number of amides is 2. The van der Waals surface area contributed by atoms with Gasteiger partial charge in [-0.15, -0.1) is 0 Å². The molecule has 142 valence electrons. The minimum absolute atomic E-state index is 0.0651. The molecule has 5 nitrogen and oxygen atoms in total. The van der Waals surface area contributed by atoms with Crippen LogP contribution in [0.1, 0.15) is 31.2 Å². The maximum Gasteiger partial charge on any atom is 0.236 e. The molecule has 1 aromatic carbocycles. The predicted octanol–water partition coefficient (Wildman–Crippen LogP) is 1.91. The van der Waals surface area contributed by atoms with Gasteiger partial charge < -0.3 is 9.80 Å². The third kappa shape index (κ3) is 5.04. The summed E-state index contributed by atoms with van der Waals surface area (Å²) in [5.41, 5.74) is 0.589. The molecule has 0 spiro atoms. The highest BCUT2D eigenvalue weighted by Gasteiger charge is 2.24. The quantitative estimate of drug-likeness (QED) is 0.805.